The summed E-state index contributed by atoms with van der Waals surface area (Å²) in [6, 6.07) is 2.18. The minimum absolute atomic E-state index is 0.0842. The van der Waals surface area contributed by atoms with Crippen LogP contribution in [0.4, 0.5) is 5.69 Å². The van der Waals surface area contributed by atoms with Crippen molar-refractivity contribution in [3.8, 4) is 0 Å². The molecule has 4 rings (SSSR count). The molecule has 3 aliphatic rings. The van der Waals surface area contributed by atoms with Gasteiger partial charge in [-0.25, -0.2) is 0 Å². The Morgan fingerprint density at radius 2 is 1.96 bits per heavy atom. The molecule has 23 heavy (non-hydrogen) atoms. The van der Waals surface area contributed by atoms with Crippen LogP contribution in [0.1, 0.15) is 58.4 Å². The van der Waals surface area contributed by atoms with E-state index in [0.29, 0.717) is 5.41 Å². The van der Waals surface area contributed by atoms with Crippen LogP contribution in [0, 0.1) is 11.3 Å². The smallest absolute Gasteiger partial charge is 0.0632 e. The molecule has 0 aromatic carbocycles. The molecule has 1 saturated heterocycles. The van der Waals surface area contributed by atoms with Crippen LogP contribution in [0.3, 0.4) is 0 Å². The van der Waals surface area contributed by atoms with E-state index in [4.69, 9.17) is 4.74 Å². The highest BCUT2D eigenvalue weighted by atomic mass is 16.5. The predicted octanol–water partition coefficient (Wildman–Crippen LogP) is 4.16. The molecule has 0 bridgehead atoms. The van der Waals surface area contributed by atoms with Gasteiger partial charge in [-0.05, 0) is 63.4 Å². The lowest BCUT2D eigenvalue weighted by Crippen LogP contribution is -2.41. The van der Waals surface area contributed by atoms with Crippen molar-refractivity contribution >= 4 is 5.69 Å². The van der Waals surface area contributed by atoms with Crippen LogP contribution in [0.15, 0.2) is 18.5 Å². The molecule has 126 valence electrons. The predicted molar refractivity (Wildman–Crippen MR) is 93.9 cm³/mol. The molecule has 3 nitrogen and oxygen atoms in total. The Morgan fingerprint density at radius 3 is 2.61 bits per heavy atom. The highest BCUT2D eigenvalue weighted by Crippen LogP contribution is 2.55. The fraction of sp³-hybridized carbons (Fsp3) is 0.750. The van der Waals surface area contributed by atoms with Gasteiger partial charge in [0.05, 0.1) is 12.2 Å². The van der Waals surface area contributed by atoms with E-state index in [1.165, 1.54) is 43.4 Å². The average molecular weight is 314 g/mol. The highest BCUT2D eigenvalue weighted by molar-refractivity contribution is 5.61. The molecule has 1 aromatic rings. The number of pyridine rings is 1. The van der Waals surface area contributed by atoms with Gasteiger partial charge in [0.25, 0.3) is 0 Å². The van der Waals surface area contributed by atoms with E-state index in [1.807, 2.05) is 6.20 Å². The Hall–Kier alpha value is -1.09. The number of hydrogen-bond acceptors (Lipinski definition) is 3. The van der Waals surface area contributed by atoms with Crippen LogP contribution in [-0.4, -0.2) is 30.8 Å². The van der Waals surface area contributed by atoms with E-state index in [2.05, 4.69) is 50.0 Å². The summed E-state index contributed by atoms with van der Waals surface area (Å²) in [6.07, 6.45) is 10.6. The first-order valence-electron chi connectivity index (χ1n) is 9.13. The van der Waals surface area contributed by atoms with Gasteiger partial charge in [0, 0.05) is 42.7 Å². The molecule has 1 atom stereocenters. The van der Waals surface area contributed by atoms with E-state index in [9.17, 15) is 0 Å². The second-order valence-corrected chi connectivity index (χ2v) is 9.17. The molecule has 1 saturated carbocycles. The molecule has 1 aromatic heterocycles. The largest absolute Gasteiger partial charge is 0.375 e. The molecule has 2 fully saturated rings. The zero-order valence-corrected chi connectivity index (χ0v) is 15.1. The number of ether oxygens (including phenoxy) is 1. The first-order chi connectivity index (χ1) is 10.8. The number of likely N-dealkylation sites (N-methyl/N-ethyl adjacent to an activating group) is 1. The molecule has 2 aliphatic heterocycles. The van der Waals surface area contributed by atoms with Crippen LogP contribution < -0.4 is 4.90 Å². The Bertz CT molecular complexity index is 603. The summed E-state index contributed by atoms with van der Waals surface area (Å²) >= 11 is 0. The molecule has 1 aliphatic carbocycles. The molecule has 3 heterocycles. The fourth-order valence-corrected chi connectivity index (χ4v) is 5.71. The first-order valence-corrected chi connectivity index (χ1v) is 9.13. The number of nitrogens with zero attached hydrogens (tertiary/aromatic N) is 2. The molecular weight excluding hydrogens is 284 g/mol. The van der Waals surface area contributed by atoms with Crippen molar-refractivity contribution in [2.75, 3.05) is 25.1 Å². The molecule has 1 unspecified atom stereocenters. The SMILES string of the molecule is CN1CC(C)(C2CCC3(CC2)COC(C)(C)C3)c2cnccc21. The maximum atomic E-state index is 6.07. The summed E-state index contributed by atoms with van der Waals surface area (Å²) in [4.78, 5) is 6.84. The number of fused-ring (bicyclic) bond motifs is 1. The second-order valence-electron chi connectivity index (χ2n) is 9.17. The number of hydrogen-bond donors (Lipinski definition) is 0. The van der Waals surface area contributed by atoms with Crippen LogP contribution in [0.2, 0.25) is 0 Å². The van der Waals surface area contributed by atoms with Gasteiger partial charge in [-0.1, -0.05) is 6.92 Å². The maximum absolute atomic E-state index is 6.07. The topological polar surface area (TPSA) is 25.4 Å². The Morgan fingerprint density at radius 1 is 1.22 bits per heavy atom. The number of anilines is 1. The Labute approximate surface area is 140 Å². The molecule has 1 spiro atoms. The van der Waals surface area contributed by atoms with Crippen molar-refractivity contribution < 1.29 is 4.74 Å². The normalized spacial score (nSPS) is 39.0. The van der Waals surface area contributed by atoms with Gasteiger partial charge >= 0.3 is 0 Å². The van der Waals surface area contributed by atoms with Gasteiger partial charge in [-0.2, -0.15) is 0 Å². The van der Waals surface area contributed by atoms with E-state index >= 15 is 0 Å². The zero-order chi connectivity index (χ0) is 16.3. The van der Waals surface area contributed by atoms with E-state index < -0.39 is 0 Å². The maximum Gasteiger partial charge on any atom is 0.0632 e. The van der Waals surface area contributed by atoms with E-state index in [1.54, 1.807) is 0 Å². The van der Waals surface area contributed by atoms with Crippen molar-refractivity contribution in [3.05, 3.63) is 24.0 Å². The standard InChI is InChI=1S/C20H30N2O/c1-18(2)12-20(14-23-18)8-5-15(6-9-20)19(3)13-22(4)17-7-10-21-11-16(17)19/h7,10-11,15H,5-6,8-9,12-14H2,1-4H3. The lowest BCUT2D eigenvalue weighted by Gasteiger charge is -2.43. The minimum atomic E-state index is 0.0842. The van der Waals surface area contributed by atoms with Crippen LogP contribution in [0.25, 0.3) is 0 Å². The quantitative estimate of drug-likeness (QED) is 0.778. The van der Waals surface area contributed by atoms with Gasteiger partial charge in [0.1, 0.15) is 0 Å². The van der Waals surface area contributed by atoms with Crippen LogP contribution in [-0.2, 0) is 10.2 Å². The number of rotatable bonds is 1. The molecular formula is C20H30N2O. The second kappa shape index (κ2) is 4.95. The molecule has 0 N–H and O–H groups in total. The third kappa shape index (κ3) is 2.39. The van der Waals surface area contributed by atoms with Gasteiger partial charge in [-0.3, -0.25) is 4.98 Å². The van der Waals surface area contributed by atoms with Gasteiger partial charge in [0.2, 0.25) is 0 Å². The van der Waals surface area contributed by atoms with E-state index in [-0.39, 0.29) is 11.0 Å². The molecule has 3 heteroatoms. The lowest BCUT2D eigenvalue weighted by molar-refractivity contribution is 0.0253. The molecule has 0 amide bonds. The monoisotopic (exact) mass is 314 g/mol. The molecule has 0 radical (unpaired) electrons. The van der Waals surface area contributed by atoms with Crippen molar-refractivity contribution in [2.24, 2.45) is 11.3 Å². The highest BCUT2D eigenvalue weighted by Gasteiger charge is 2.50. The van der Waals surface area contributed by atoms with Crippen molar-refractivity contribution in [1.82, 2.24) is 4.98 Å². The van der Waals surface area contributed by atoms with Crippen LogP contribution in [0.5, 0.6) is 0 Å². The summed E-state index contributed by atoms with van der Waals surface area (Å²) in [5.74, 6) is 0.768. The van der Waals surface area contributed by atoms with Gasteiger partial charge < -0.3 is 9.64 Å². The van der Waals surface area contributed by atoms with Gasteiger partial charge in [-0.15, -0.1) is 0 Å². The zero-order valence-electron chi connectivity index (χ0n) is 15.1. The fourth-order valence-electron chi connectivity index (χ4n) is 5.71. The van der Waals surface area contributed by atoms with Crippen LogP contribution >= 0.6 is 0 Å². The summed E-state index contributed by atoms with van der Waals surface area (Å²) in [7, 11) is 2.22. The van der Waals surface area contributed by atoms with Crippen molar-refractivity contribution in [1.29, 1.82) is 0 Å². The Kier molecular flexibility index (Phi) is 3.32. The summed E-state index contributed by atoms with van der Waals surface area (Å²) in [5.41, 5.74) is 3.65. The van der Waals surface area contributed by atoms with Crippen molar-refractivity contribution in [2.45, 2.75) is 63.9 Å². The summed E-state index contributed by atoms with van der Waals surface area (Å²) < 4.78 is 6.07. The summed E-state index contributed by atoms with van der Waals surface area (Å²) in [5, 5.41) is 0. The third-order valence-electron chi connectivity index (χ3n) is 6.91. The van der Waals surface area contributed by atoms with E-state index in [0.717, 1.165) is 19.1 Å². The van der Waals surface area contributed by atoms with Crippen molar-refractivity contribution in [3.63, 3.8) is 0 Å². The summed E-state index contributed by atoms with van der Waals surface area (Å²) in [6.45, 7) is 9.08. The third-order valence-corrected chi connectivity index (χ3v) is 6.91. The average Bonchev–Trinajstić information content (AvgIpc) is 2.96. The van der Waals surface area contributed by atoms with Gasteiger partial charge in [0.15, 0.2) is 0 Å². The Balaban J connectivity index is 1.53. The number of aromatic nitrogens is 1. The first kappa shape index (κ1) is 15.4. The lowest BCUT2D eigenvalue weighted by atomic mass is 9.60. The minimum Gasteiger partial charge on any atom is -0.375 e.